The zero-order valence-electron chi connectivity index (χ0n) is 14.0. The first-order valence-corrected chi connectivity index (χ1v) is 8.02. The van der Waals surface area contributed by atoms with Crippen LogP contribution in [0.2, 0.25) is 0 Å². The van der Waals surface area contributed by atoms with Crippen LogP contribution in [0.5, 0.6) is 0 Å². The molecule has 0 bridgehead atoms. The van der Waals surface area contributed by atoms with Crippen molar-refractivity contribution in [2.45, 2.75) is 6.92 Å². The van der Waals surface area contributed by atoms with E-state index in [1.807, 2.05) is 49.4 Å². The van der Waals surface area contributed by atoms with E-state index >= 15 is 0 Å². The molecule has 0 aliphatic rings. The molecule has 1 amide bonds. The second-order valence-electron chi connectivity index (χ2n) is 5.98. The minimum absolute atomic E-state index is 0.00810. The van der Waals surface area contributed by atoms with Crippen LogP contribution in [0.4, 0.5) is 5.69 Å². The molecule has 0 saturated carbocycles. The predicted octanol–water partition coefficient (Wildman–Crippen LogP) is 2.68. The van der Waals surface area contributed by atoms with Gasteiger partial charge in [-0.25, -0.2) is 9.97 Å². The van der Waals surface area contributed by atoms with E-state index < -0.39 is 5.91 Å². The van der Waals surface area contributed by atoms with E-state index in [0.717, 1.165) is 27.6 Å². The van der Waals surface area contributed by atoms with Gasteiger partial charge in [0.15, 0.2) is 11.5 Å². The fraction of sp³-hybridized carbons (Fsp3) is 0.0526. The smallest absolute Gasteiger partial charge is 0.269 e. The number of anilines is 1. The van der Waals surface area contributed by atoms with E-state index in [2.05, 4.69) is 20.2 Å². The second-order valence-corrected chi connectivity index (χ2v) is 5.98. The number of amides is 1. The molecule has 26 heavy (non-hydrogen) atoms. The van der Waals surface area contributed by atoms with Crippen LogP contribution in [-0.4, -0.2) is 26.1 Å². The molecule has 0 aliphatic heterocycles. The fourth-order valence-corrected chi connectivity index (χ4v) is 3.00. The number of benzene rings is 2. The molecule has 2 heterocycles. The monoisotopic (exact) mass is 344 g/mol. The van der Waals surface area contributed by atoms with Crippen LogP contribution in [0.15, 0.2) is 48.7 Å². The number of nitrogens with zero attached hydrogens (tertiary/aromatic N) is 3. The van der Waals surface area contributed by atoms with Crippen LogP contribution >= 0.6 is 0 Å². The summed E-state index contributed by atoms with van der Waals surface area (Å²) in [5.74, 6) is -0.302. The van der Waals surface area contributed by atoms with Crippen molar-refractivity contribution < 1.29 is 4.79 Å². The van der Waals surface area contributed by atoms with Gasteiger partial charge in [-0.15, -0.1) is 0 Å². The number of hydrogen-bond acceptors (Lipinski definition) is 5. The highest BCUT2D eigenvalue weighted by molar-refractivity contribution is 6.04. The van der Waals surface area contributed by atoms with Crippen molar-refractivity contribution in [3.63, 3.8) is 0 Å². The Balaban J connectivity index is 2.07. The van der Waals surface area contributed by atoms with Crippen LogP contribution < -0.4 is 11.5 Å². The number of aromatic amines is 1. The van der Waals surface area contributed by atoms with E-state index in [-0.39, 0.29) is 11.4 Å². The Labute approximate surface area is 149 Å². The van der Waals surface area contributed by atoms with E-state index in [0.29, 0.717) is 11.5 Å². The van der Waals surface area contributed by atoms with Crippen molar-refractivity contribution >= 4 is 22.5 Å². The number of carbonyl (C=O) groups is 1. The summed E-state index contributed by atoms with van der Waals surface area (Å²) in [6.07, 6.45) is 1.71. The Kier molecular flexibility index (Phi) is 3.62. The van der Waals surface area contributed by atoms with Crippen LogP contribution in [0.1, 0.15) is 16.1 Å². The van der Waals surface area contributed by atoms with Crippen molar-refractivity contribution in [2.75, 3.05) is 5.73 Å². The Morgan fingerprint density at radius 3 is 2.58 bits per heavy atom. The summed E-state index contributed by atoms with van der Waals surface area (Å²) in [7, 11) is 0. The molecule has 4 rings (SSSR count). The molecule has 4 aromatic rings. The zero-order valence-corrected chi connectivity index (χ0v) is 14.0. The number of aromatic nitrogens is 4. The quantitative estimate of drug-likeness (QED) is 0.527. The summed E-state index contributed by atoms with van der Waals surface area (Å²) < 4.78 is 0. The number of hydrogen-bond donors (Lipinski definition) is 3. The third-order valence-corrected chi connectivity index (χ3v) is 4.28. The van der Waals surface area contributed by atoms with Gasteiger partial charge in [0.1, 0.15) is 0 Å². The molecule has 7 nitrogen and oxygen atoms in total. The Hall–Kier alpha value is -3.74. The van der Waals surface area contributed by atoms with Crippen molar-refractivity contribution in [1.82, 2.24) is 20.2 Å². The Morgan fingerprint density at radius 2 is 1.85 bits per heavy atom. The van der Waals surface area contributed by atoms with Crippen molar-refractivity contribution in [3.8, 4) is 22.6 Å². The maximum atomic E-state index is 11.9. The Bertz CT molecular complexity index is 1130. The van der Waals surface area contributed by atoms with Crippen LogP contribution in [-0.2, 0) is 0 Å². The average Bonchev–Trinajstić information content (AvgIpc) is 3.11. The molecule has 128 valence electrons. The summed E-state index contributed by atoms with van der Waals surface area (Å²) in [6, 6.07) is 13.3. The van der Waals surface area contributed by atoms with Crippen molar-refractivity contribution in [3.05, 3.63) is 59.9 Å². The summed E-state index contributed by atoms with van der Waals surface area (Å²) in [4.78, 5) is 20.9. The van der Waals surface area contributed by atoms with Gasteiger partial charge in [-0.1, -0.05) is 36.4 Å². The summed E-state index contributed by atoms with van der Waals surface area (Å²) in [5, 5.41) is 7.90. The fourth-order valence-electron chi connectivity index (χ4n) is 3.00. The zero-order chi connectivity index (χ0) is 18.3. The van der Waals surface area contributed by atoms with Gasteiger partial charge in [-0.2, -0.15) is 5.10 Å². The van der Waals surface area contributed by atoms with Gasteiger partial charge in [0.25, 0.3) is 5.91 Å². The van der Waals surface area contributed by atoms with E-state index in [4.69, 9.17) is 11.5 Å². The molecular formula is C19H16N6O. The molecule has 7 heteroatoms. The highest BCUT2D eigenvalue weighted by Gasteiger charge is 2.21. The first kappa shape index (κ1) is 15.8. The lowest BCUT2D eigenvalue weighted by molar-refractivity contribution is 0.0996. The predicted molar refractivity (Wildman–Crippen MR) is 100 cm³/mol. The van der Waals surface area contributed by atoms with Crippen molar-refractivity contribution in [2.24, 2.45) is 5.73 Å². The highest BCUT2D eigenvalue weighted by Crippen LogP contribution is 2.35. The lowest BCUT2D eigenvalue weighted by Gasteiger charge is -2.13. The molecule has 0 aliphatic carbocycles. The van der Waals surface area contributed by atoms with Crippen molar-refractivity contribution in [1.29, 1.82) is 0 Å². The topological polar surface area (TPSA) is 124 Å². The molecule has 0 unspecified atom stereocenters. The van der Waals surface area contributed by atoms with Crippen LogP contribution in [0.25, 0.3) is 33.5 Å². The SMILES string of the molecule is Cc1ccc2[nH]ncc2c1-c1nc(-c2ccccc2)nc(C(N)=O)c1N. The number of nitrogens with two attached hydrogens (primary N) is 2. The molecule has 2 aromatic heterocycles. The summed E-state index contributed by atoms with van der Waals surface area (Å²) >= 11 is 0. The van der Waals surface area contributed by atoms with Gasteiger partial charge < -0.3 is 11.5 Å². The van der Waals surface area contributed by atoms with E-state index in [1.165, 1.54) is 0 Å². The van der Waals surface area contributed by atoms with Gasteiger partial charge in [-0.05, 0) is 18.6 Å². The average molecular weight is 344 g/mol. The number of fused-ring (bicyclic) bond motifs is 1. The molecule has 2 aromatic carbocycles. The van der Waals surface area contributed by atoms with E-state index in [1.54, 1.807) is 6.20 Å². The van der Waals surface area contributed by atoms with Crippen LogP contribution in [0, 0.1) is 6.92 Å². The minimum atomic E-state index is -0.694. The summed E-state index contributed by atoms with van der Waals surface area (Å²) in [6.45, 7) is 1.95. The van der Waals surface area contributed by atoms with Gasteiger partial charge >= 0.3 is 0 Å². The molecule has 5 N–H and O–H groups in total. The van der Waals surface area contributed by atoms with E-state index in [9.17, 15) is 4.79 Å². The second kappa shape index (κ2) is 5.96. The molecule has 0 spiro atoms. The first-order valence-electron chi connectivity index (χ1n) is 8.02. The molecular weight excluding hydrogens is 328 g/mol. The maximum absolute atomic E-state index is 11.9. The number of carbonyl (C=O) groups excluding carboxylic acids is 1. The van der Waals surface area contributed by atoms with Gasteiger partial charge in [0, 0.05) is 16.5 Å². The lowest BCUT2D eigenvalue weighted by atomic mass is 9.99. The number of nitrogens with one attached hydrogen (secondary N) is 1. The molecule has 0 radical (unpaired) electrons. The molecule has 0 fully saturated rings. The minimum Gasteiger partial charge on any atom is -0.395 e. The standard InChI is InChI=1S/C19H16N6O/c1-10-7-8-13-12(9-22-25-13)14(10)16-15(20)17(18(21)26)24-19(23-16)11-5-3-2-4-6-11/h2-9H,20H2,1H3,(H2,21,26)(H,22,25). The van der Waals surface area contributed by atoms with Crippen LogP contribution in [0.3, 0.4) is 0 Å². The third-order valence-electron chi connectivity index (χ3n) is 4.28. The number of rotatable bonds is 3. The number of aryl methyl sites for hydroxylation is 1. The van der Waals surface area contributed by atoms with Gasteiger partial charge in [0.05, 0.1) is 23.1 Å². The Morgan fingerprint density at radius 1 is 1.08 bits per heavy atom. The lowest BCUT2D eigenvalue weighted by Crippen LogP contribution is -2.18. The molecule has 0 atom stereocenters. The third kappa shape index (κ3) is 2.46. The normalized spacial score (nSPS) is 11.0. The molecule has 0 saturated heterocycles. The number of nitrogen functional groups attached to an aromatic ring is 1. The number of primary amides is 1. The largest absolute Gasteiger partial charge is 0.395 e. The maximum Gasteiger partial charge on any atom is 0.269 e. The number of H-pyrrole nitrogens is 1. The first-order chi connectivity index (χ1) is 12.6. The highest BCUT2D eigenvalue weighted by atomic mass is 16.1. The summed E-state index contributed by atoms with van der Waals surface area (Å²) in [5.41, 5.74) is 15.8. The van der Waals surface area contributed by atoms with Gasteiger partial charge in [0.2, 0.25) is 0 Å². The van der Waals surface area contributed by atoms with Gasteiger partial charge in [-0.3, -0.25) is 9.89 Å².